The third-order valence-electron chi connectivity index (χ3n) is 2.79. The first-order valence-corrected chi connectivity index (χ1v) is 5.31. The highest BCUT2D eigenvalue weighted by molar-refractivity contribution is 5.99. The van der Waals surface area contributed by atoms with Crippen molar-refractivity contribution in [2.75, 3.05) is 30.4 Å². The smallest absolute Gasteiger partial charge is 0.243 e. The maximum Gasteiger partial charge on any atom is 0.243 e. The van der Waals surface area contributed by atoms with Gasteiger partial charge in [0.05, 0.1) is 19.3 Å². The Morgan fingerprint density at radius 2 is 2.44 bits per heavy atom. The van der Waals surface area contributed by atoms with E-state index in [9.17, 15) is 4.79 Å². The molecule has 1 atom stereocenters. The van der Waals surface area contributed by atoms with Gasteiger partial charge < -0.3 is 15.4 Å². The maximum absolute atomic E-state index is 11.1. The van der Waals surface area contributed by atoms with Gasteiger partial charge in [-0.3, -0.25) is 4.79 Å². The second-order valence-corrected chi connectivity index (χ2v) is 3.95. The first kappa shape index (κ1) is 9.53. The third-order valence-corrected chi connectivity index (χ3v) is 2.79. The highest BCUT2D eigenvalue weighted by atomic mass is 16.5. The van der Waals surface area contributed by atoms with E-state index in [0.717, 1.165) is 18.9 Å². The van der Waals surface area contributed by atoms with Gasteiger partial charge in [0.2, 0.25) is 5.91 Å². The van der Waals surface area contributed by atoms with Crippen LogP contribution in [0.15, 0.2) is 6.20 Å². The molecular formula is C10H12N4O2. The van der Waals surface area contributed by atoms with Crippen LogP contribution < -0.4 is 10.6 Å². The monoisotopic (exact) mass is 220 g/mol. The minimum absolute atomic E-state index is 0.0620. The van der Waals surface area contributed by atoms with E-state index in [-0.39, 0.29) is 18.4 Å². The number of fused-ring (bicyclic) bond motifs is 1. The zero-order valence-electron chi connectivity index (χ0n) is 8.69. The lowest BCUT2D eigenvalue weighted by molar-refractivity contribution is -0.114. The number of carbonyl (C=O) groups is 1. The number of nitrogens with zero attached hydrogens (tertiary/aromatic N) is 2. The first-order valence-electron chi connectivity index (χ1n) is 5.31. The summed E-state index contributed by atoms with van der Waals surface area (Å²) in [5.74, 6) is 1.72. The quantitative estimate of drug-likeness (QED) is 0.714. The summed E-state index contributed by atoms with van der Waals surface area (Å²) in [6, 6.07) is 0. The fourth-order valence-corrected chi connectivity index (χ4v) is 1.91. The second kappa shape index (κ2) is 3.71. The van der Waals surface area contributed by atoms with Crippen molar-refractivity contribution in [2.24, 2.45) is 0 Å². The molecule has 0 aromatic carbocycles. The predicted octanol–water partition coefficient (Wildman–Crippen LogP) is 0.344. The van der Waals surface area contributed by atoms with Gasteiger partial charge >= 0.3 is 0 Å². The zero-order valence-corrected chi connectivity index (χ0v) is 8.69. The van der Waals surface area contributed by atoms with Crippen LogP contribution in [0, 0.1) is 0 Å². The Morgan fingerprint density at radius 1 is 1.50 bits per heavy atom. The van der Waals surface area contributed by atoms with E-state index in [1.807, 2.05) is 0 Å². The molecule has 2 N–H and O–H groups in total. The van der Waals surface area contributed by atoms with Crippen molar-refractivity contribution in [2.45, 2.75) is 12.3 Å². The Bertz CT molecular complexity index is 429. The average molecular weight is 220 g/mol. The number of aromatic nitrogens is 2. The van der Waals surface area contributed by atoms with Gasteiger partial charge in [-0.2, -0.15) is 0 Å². The van der Waals surface area contributed by atoms with Crippen molar-refractivity contribution in [3.8, 4) is 0 Å². The summed E-state index contributed by atoms with van der Waals surface area (Å²) in [4.78, 5) is 19.8. The van der Waals surface area contributed by atoms with Crippen LogP contribution in [0.2, 0.25) is 0 Å². The van der Waals surface area contributed by atoms with Gasteiger partial charge in [-0.05, 0) is 6.42 Å². The van der Waals surface area contributed by atoms with Crippen LogP contribution in [0.3, 0.4) is 0 Å². The lowest BCUT2D eigenvalue weighted by Crippen LogP contribution is -2.28. The summed E-state index contributed by atoms with van der Waals surface area (Å²) in [5.41, 5.74) is 0.652. The molecule has 1 fully saturated rings. The molecule has 0 radical (unpaired) electrons. The largest absolute Gasteiger partial charge is 0.381 e. The van der Waals surface area contributed by atoms with Crippen molar-refractivity contribution >= 4 is 17.4 Å². The molecule has 1 amide bonds. The minimum atomic E-state index is -0.0620. The molecule has 3 heterocycles. The third kappa shape index (κ3) is 1.61. The van der Waals surface area contributed by atoms with Gasteiger partial charge in [-0.25, -0.2) is 9.97 Å². The Labute approximate surface area is 92.4 Å². The number of hydrogen-bond acceptors (Lipinski definition) is 5. The Kier molecular flexibility index (Phi) is 2.21. The van der Waals surface area contributed by atoms with Crippen LogP contribution in [0.5, 0.6) is 0 Å². The normalized spacial score (nSPS) is 23.5. The molecule has 6 heteroatoms. The Hall–Kier alpha value is -1.69. The van der Waals surface area contributed by atoms with Crippen LogP contribution in [0.25, 0.3) is 0 Å². The van der Waals surface area contributed by atoms with Crippen LogP contribution in [0.4, 0.5) is 11.5 Å². The van der Waals surface area contributed by atoms with Crippen molar-refractivity contribution in [3.63, 3.8) is 0 Å². The maximum atomic E-state index is 11.1. The van der Waals surface area contributed by atoms with Crippen LogP contribution in [-0.2, 0) is 9.53 Å². The molecule has 1 aromatic rings. The highest BCUT2D eigenvalue weighted by Gasteiger charge is 2.23. The van der Waals surface area contributed by atoms with E-state index < -0.39 is 0 Å². The zero-order chi connectivity index (χ0) is 11.0. The SMILES string of the molecule is O=C1CNc2nc(C3CCOC3)ncc2N1. The lowest BCUT2D eigenvalue weighted by Gasteiger charge is -2.18. The average Bonchev–Trinajstić information content (AvgIpc) is 2.82. The number of anilines is 2. The van der Waals surface area contributed by atoms with Crippen molar-refractivity contribution < 1.29 is 9.53 Å². The van der Waals surface area contributed by atoms with Gasteiger partial charge in [-0.15, -0.1) is 0 Å². The van der Waals surface area contributed by atoms with Gasteiger partial charge in [0.1, 0.15) is 11.5 Å². The van der Waals surface area contributed by atoms with E-state index in [1.54, 1.807) is 6.20 Å². The van der Waals surface area contributed by atoms with E-state index >= 15 is 0 Å². The molecule has 3 rings (SSSR count). The van der Waals surface area contributed by atoms with Crippen molar-refractivity contribution in [1.29, 1.82) is 0 Å². The fraction of sp³-hybridized carbons (Fsp3) is 0.500. The van der Waals surface area contributed by atoms with E-state index in [2.05, 4.69) is 20.6 Å². The van der Waals surface area contributed by atoms with Crippen molar-refractivity contribution in [3.05, 3.63) is 12.0 Å². The van der Waals surface area contributed by atoms with Gasteiger partial charge in [0, 0.05) is 12.5 Å². The number of hydrogen-bond donors (Lipinski definition) is 2. The molecule has 0 aliphatic carbocycles. The number of carbonyl (C=O) groups excluding carboxylic acids is 1. The Balaban J connectivity index is 1.89. The highest BCUT2D eigenvalue weighted by Crippen LogP contribution is 2.27. The van der Waals surface area contributed by atoms with E-state index in [1.165, 1.54) is 0 Å². The van der Waals surface area contributed by atoms with E-state index in [4.69, 9.17) is 4.74 Å². The molecule has 16 heavy (non-hydrogen) atoms. The predicted molar refractivity (Wildman–Crippen MR) is 57.3 cm³/mol. The fourth-order valence-electron chi connectivity index (χ4n) is 1.91. The molecule has 1 aromatic heterocycles. The van der Waals surface area contributed by atoms with Crippen LogP contribution in [0.1, 0.15) is 18.2 Å². The molecule has 2 aliphatic heterocycles. The van der Waals surface area contributed by atoms with Crippen molar-refractivity contribution in [1.82, 2.24) is 9.97 Å². The Morgan fingerprint density at radius 3 is 3.25 bits per heavy atom. The summed E-state index contributed by atoms with van der Waals surface area (Å²) in [7, 11) is 0. The molecule has 2 aliphatic rings. The van der Waals surface area contributed by atoms with Gasteiger partial charge in [-0.1, -0.05) is 0 Å². The van der Waals surface area contributed by atoms with E-state index in [0.29, 0.717) is 18.1 Å². The molecule has 1 saturated heterocycles. The topological polar surface area (TPSA) is 76.1 Å². The summed E-state index contributed by atoms with van der Waals surface area (Å²) in [6.07, 6.45) is 2.62. The summed E-state index contributed by atoms with van der Waals surface area (Å²) < 4.78 is 5.30. The van der Waals surface area contributed by atoms with Gasteiger partial charge in [0.25, 0.3) is 0 Å². The second-order valence-electron chi connectivity index (χ2n) is 3.95. The molecule has 84 valence electrons. The van der Waals surface area contributed by atoms with Crippen LogP contribution in [-0.4, -0.2) is 35.6 Å². The molecule has 0 saturated carbocycles. The number of rotatable bonds is 1. The standard InChI is InChI=1S/C10H12N4O2/c15-8-4-12-10-7(13-8)3-11-9(14-10)6-1-2-16-5-6/h3,6H,1-2,4-5H2,(H,13,15)(H,11,12,14). The molecule has 0 bridgehead atoms. The molecular weight excluding hydrogens is 208 g/mol. The van der Waals surface area contributed by atoms with Crippen LogP contribution >= 0.6 is 0 Å². The lowest BCUT2D eigenvalue weighted by atomic mass is 10.1. The number of nitrogens with one attached hydrogen (secondary N) is 2. The number of ether oxygens (including phenoxy) is 1. The summed E-state index contributed by atoms with van der Waals surface area (Å²) in [6.45, 7) is 1.73. The molecule has 0 spiro atoms. The molecule has 6 nitrogen and oxygen atoms in total. The number of amides is 1. The first-order chi connectivity index (χ1) is 7.83. The summed E-state index contributed by atoms with van der Waals surface area (Å²) in [5, 5.41) is 5.69. The molecule has 1 unspecified atom stereocenters. The van der Waals surface area contributed by atoms with Gasteiger partial charge in [0.15, 0.2) is 5.82 Å². The minimum Gasteiger partial charge on any atom is -0.381 e. The summed E-state index contributed by atoms with van der Waals surface area (Å²) >= 11 is 0.